The van der Waals surface area contributed by atoms with E-state index < -0.39 is 11.6 Å². The van der Waals surface area contributed by atoms with Crippen molar-refractivity contribution >= 4 is 0 Å². The maximum absolute atomic E-state index is 13.3. The maximum atomic E-state index is 13.3. The van der Waals surface area contributed by atoms with E-state index in [9.17, 15) is 8.78 Å². The molecule has 2 N–H and O–H groups in total. The second-order valence-electron chi connectivity index (χ2n) is 4.67. The molecule has 0 spiro atoms. The van der Waals surface area contributed by atoms with Crippen molar-refractivity contribution in [1.29, 1.82) is 0 Å². The third-order valence-corrected chi connectivity index (χ3v) is 2.61. The van der Waals surface area contributed by atoms with Crippen LogP contribution in [-0.2, 0) is 6.42 Å². The maximum Gasteiger partial charge on any atom is 0.129 e. The first-order valence-electron chi connectivity index (χ1n) is 5.68. The first-order valence-corrected chi connectivity index (χ1v) is 5.68. The van der Waals surface area contributed by atoms with E-state index in [2.05, 4.69) is 13.8 Å². The van der Waals surface area contributed by atoms with Gasteiger partial charge in [0.15, 0.2) is 0 Å². The lowest BCUT2D eigenvalue weighted by Gasteiger charge is -2.13. The summed E-state index contributed by atoms with van der Waals surface area (Å²) >= 11 is 0. The van der Waals surface area contributed by atoms with Gasteiger partial charge in [-0.15, -0.1) is 0 Å². The van der Waals surface area contributed by atoms with Crippen molar-refractivity contribution in [3.63, 3.8) is 0 Å². The normalized spacial score (nSPS) is 13.1. The van der Waals surface area contributed by atoms with Gasteiger partial charge < -0.3 is 5.73 Å². The monoisotopic (exact) mass is 227 g/mol. The molecule has 0 aliphatic carbocycles. The Morgan fingerprint density at radius 1 is 1.19 bits per heavy atom. The van der Waals surface area contributed by atoms with Crippen molar-refractivity contribution in [2.45, 2.75) is 39.2 Å². The van der Waals surface area contributed by atoms with E-state index in [1.807, 2.05) is 0 Å². The number of hydrogen-bond acceptors (Lipinski definition) is 1. The Balaban J connectivity index is 2.52. The largest absolute Gasteiger partial charge is 0.327 e. The highest BCUT2D eigenvalue weighted by molar-refractivity contribution is 5.19. The molecular formula is C13H19F2N. The summed E-state index contributed by atoms with van der Waals surface area (Å²) < 4.78 is 26.0. The smallest absolute Gasteiger partial charge is 0.129 e. The average molecular weight is 227 g/mol. The molecule has 1 aromatic rings. The zero-order valence-electron chi connectivity index (χ0n) is 9.84. The first-order chi connectivity index (χ1) is 7.49. The Morgan fingerprint density at radius 3 is 2.44 bits per heavy atom. The first kappa shape index (κ1) is 13.1. The third-order valence-electron chi connectivity index (χ3n) is 2.61. The highest BCUT2D eigenvalue weighted by atomic mass is 19.1. The molecule has 1 aromatic carbocycles. The average Bonchev–Trinajstić information content (AvgIpc) is 2.19. The lowest BCUT2D eigenvalue weighted by Crippen LogP contribution is -2.23. The van der Waals surface area contributed by atoms with E-state index in [1.54, 1.807) is 0 Å². The number of halogens is 2. The van der Waals surface area contributed by atoms with E-state index in [-0.39, 0.29) is 6.04 Å². The Morgan fingerprint density at radius 2 is 1.88 bits per heavy atom. The number of benzene rings is 1. The summed E-state index contributed by atoms with van der Waals surface area (Å²) in [6.45, 7) is 4.26. The van der Waals surface area contributed by atoms with Gasteiger partial charge in [-0.2, -0.15) is 0 Å². The lowest BCUT2D eigenvalue weighted by atomic mass is 9.98. The molecule has 1 nitrogen and oxygen atoms in total. The molecule has 90 valence electrons. The molecule has 0 heterocycles. The van der Waals surface area contributed by atoms with Gasteiger partial charge in [0.25, 0.3) is 0 Å². The third kappa shape index (κ3) is 4.27. The van der Waals surface area contributed by atoms with Crippen LogP contribution in [0, 0.1) is 17.6 Å². The minimum atomic E-state index is -0.544. The molecule has 0 aliphatic rings. The fraction of sp³-hybridized carbons (Fsp3) is 0.538. The molecule has 1 atom stereocenters. The Labute approximate surface area is 95.7 Å². The molecule has 0 radical (unpaired) electrons. The van der Waals surface area contributed by atoms with Crippen LogP contribution in [0.1, 0.15) is 32.3 Å². The fourth-order valence-corrected chi connectivity index (χ4v) is 1.62. The molecule has 3 heteroatoms. The van der Waals surface area contributed by atoms with Crippen molar-refractivity contribution in [2.24, 2.45) is 11.7 Å². The van der Waals surface area contributed by atoms with Gasteiger partial charge in [0.2, 0.25) is 0 Å². The second kappa shape index (κ2) is 5.94. The van der Waals surface area contributed by atoms with E-state index in [4.69, 9.17) is 5.73 Å². The van der Waals surface area contributed by atoms with E-state index >= 15 is 0 Å². The molecule has 0 aromatic heterocycles. The van der Waals surface area contributed by atoms with Crippen LogP contribution >= 0.6 is 0 Å². The molecule has 0 bridgehead atoms. The number of nitrogens with two attached hydrogens (primary N) is 1. The summed E-state index contributed by atoms with van der Waals surface area (Å²) in [5.41, 5.74) is 6.40. The predicted molar refractivity (Wildman–Crippen MR) is 62.1 cm³/mol. The summed E-state index contributed by atoms with van der Waals surface area (Å²) in [6, 6.07) is 3.60. The van der Waals surface area contributed by atoms with Gasteiger partial charge in [-0.05, 0) is 36.8 Å². The fourth-order valence-electron chi connectivity index (χ4n) is 1.62. The van der Waals surface area contributed by atoms with Gasteiger partial charge in [-0.1, -0.05) is 19.9 Å². The van der Waals surface area contributed by atoms with Gasteiger partial charge in [0.05, 0.1) is 0 Å². The zero-order chi connectivity index (χ0) is 12.1. The van der Waals surface area contributed by atoms with Gasteiger partial charge in [-0.3, -0.25) is 0 Å². The zero-order valence-corrected chi connectivity index (χ0v) is 9.84. The summed E-state index contributed by atoms with van der Waals surface area (Å²) in [7, 11) is 0. The van der Waals surface area contributed by atoms with Crippen molar-refractivity contribution < 1.29 is 8.78 Å². The van der Waals surface area contributed by atoms with Crippen molar-refractivity contribution in [1.82, 2.24) is 0 Å². The van der Waals surface area contributed by atoms with E-state index in [0.29, 0.717) is 17.9 Å². The minimum absolute atomic E-state index is 0.0534. The van der Waals surface area contributed by atoms with Crippen LogP contribution in [0.15, 0.2) is 18.2 Å². The van der Waals surface area contributed by atoms with Gasteiger partial charge in [0, 0.05) is 12.1 Å². The molecule has 0 saturated heterocycles. The molecule has 16 heavy (non-hydrogen) atoms. The van der Waals surface area contributed by atoms with Crippen LogP contribution in [0.4, 0.5) is 8.78 Å². The van der Waals surface area contributed by atoms with Crippen LogP contribution in [-0.4, -0.2) is 6.04 Å². The Bertz CT molecular complexity index is 337. The molecule has 1 rings (SSSR count). The van der Waals surface area contributed by atoms with Crippen LogP contribution in [0.5, 0.6) is 0 Å². The lowest BCUT2D eigenvalue weighted by molar-refractivity contribution is 0.486. The molecule has 1 unspecified atom stereocenters. The summed E-state index contributed by atoms with van der Waals surface area (Å²) in [6.07, 6.45) is 2.37. The number of hydrogen-bond donors (Lipinski definition) is 1. The standard InChI is InChI=1S/C13H19F2N/c1-9(2)3-6-12(16)7-10-4-5-11(14)8-13(10)15/h4-5,8-9,12H,3,6-7,16H2,1-2H3. The quantitative estimate of drug-likeness (QED) is 0.820. The van der Waals surface area contributed by atoms with Crippen molar-refractivity contribution in [2.75, 3.05) is 0 Å². The summed E-state index contributed by atoms with van der Waals surface area (Å²) in [5.74, 6) is -0.443. The molecule has 0 aliphatic heterocycles. The highest BCUT2D eigenvalue weighted by Crippen LogP contribution is 2.14. The SMILES string of the molecule is CC(C)CCC(N)Cc1ccc(F)cc1F. The van der Waals surface area contributed by atoms with Gasteiger partial charge in [0.1, 0.15) is 11.6 Å². The van der Waals surface area contributed by atoms with Crippen LogP contribution in [0.2, 0.25) is 0 Å². The minimum Gasteiger partial charge on any atom is -0.327 e. The van der Waals surface area contributed by atoms with Crippen molar-refractivity contribution in [3.05, 3.63) is 35.4 Å². The van der Waals surface area contributed by atoms with Gasteiger partial charge >= 0.3 is 0 Å². The Hall–Kier alpha value is -0.960. The van der Waals surface area contributed by atoms with Crippen LogP contribution in [0.3, 0.4) is 0 Å². The predicted octanol–water partition coefficient (Wildman–Crippen LogP) is 3.27. The van der Waals surface area contributed by atoms with Crippen LogP contribution < -0.4 is 5.73 Å². The summed E-state index contributed by atoms with van der Waals surface area (Å²) in [4.78, 5) is 0. The molecule has 0 fully saturated rings. The molecule has 0 saturated carbocycles. The summed E-state index contributed by atoms with van der Waals surface area (Å²) in [5, 5.41) is 0. The topological polar surface area (TPSA) is 26.0 Å². The molecular weight excluding hydrogens is 208 g/mol. The Kier molecular flexibility index (Phi) is 4.87. The van der Waals surface area contributed by atoms with Crippen LogP contribution in [0.25, 0.3) is 0 Å². The molecule has 0 amide bonds. The number of rotatable bonds is 5. The van der Waals surface area contributed by atoms with E-state index in [0.717, 1.165) is 18.9 Å². The van der Waals surface area contributed by atoms with E-state index in [1.165, 1.54) is 12.1 Å². The van der Waals surface area contributed by atoms with Crippen molar-refractivity contribution in [3.8, 4) is 0 Å². The second-order valence-corrected chi connectivity index (χ2v) is 4.67. The van der Waals surface area contributed by atoms with Gasteiger partial charge in [-0.25, -0.2) is 8.78 Å². The highest BCUT2D eigenvalue weighted by Gasteiger charge is 2.09.